The predicted molar refractivity (Wildman–Crippen MR) is 86.7 cm³/mol. The van der Waals surface area contributed by atoms with Crippen molar-refractivity contribution in [3.05, 3.63) is 18.2 Å². The average Bonchev–Trinajstić information content (AvgIpc) is 2.78. The van der Waals surface area contributed by atoms with Gasteiger partial charge in [0.1, 0.15) is 0 Å². The normalized spacial score (nSPS) is 14.7. The van der Waals surface area contributed by atoms with Crippen molar-refractivity contribution in [2.75, 3.05) is 25.0 Å². The third-order valence-electron chi connectivity index (χ3n) is 3.32. The van der Waals surface area contributed by atoms with E-state index in [1.807, 2.05) is 20.8 Å². The van der Waals surface area contributed by atoms with Gasteiger partial charge in [-0.2, -0.15) is 0 Å². The summed E-state index contributed by atoms with van der Waals surface area (Å²) in [6.45, 7) is 6.13. The molecule has 0 saturated carbocycles. The molecule has 2 N–H and O–H groups in total. The van der Waals surface area contributed by atoms with Gasteiger partial charge < -0.3 is 20.1 Å². The van der Waals surface area contributed by atoms with Crippen molar-refractivity contribution in [1.29, 1.82) is 0 Å². The first-order chi connectivity index (χ1) is 11.7. The summed E-state index contributed by atoms with van der Waals surface area (Å²) in [6.07, 6.45) is -3.70. The van der Waals surface area contributed by atoms with E-state index in [9.17, 15) is 18.4 Å². The SMILES string of the molecule is CCN(CC(=O)Nc1ccc2c(c1)OC(F)(F)O2)CC(=O)NC(C)C. The van der Waals surface area contributed by atoms with E-state index in [-0.39, 0.29) is 42.4 Å². The lowest BCUT2D eigenvalue weighted by atomic mass is 10.2. The van der Waals surface area contributed by atoms with Crippen LogP contribution in [0.4, 0.5) is 14.5 Å². The highest BCUT2D eigenvalue weighted by Crippen LogP contribution is 2.42. The number of carbonyl (C=O) groups excluding carboxylic acids is 2. The third kappa shape index (κ3) is 5.56. The largest absolute Gasteiger partial charge is 0.586 e. The molecule has 0 fully saturated rings. The number of halogens is 2. The van der Waals surface area contributed by atoms with Crippen LogP contribution in [0.3, 0.4) is 0 Å². The molecule has 7 nitrogen and oxygen atoms in total. The summed E-state index contributed by atoms with van der Waals surface area (Å²) < 4.78 is 34.6. The lowest BCUT2D eigenvalue weighted by molar-refractivity contribution is -0.286. The maximum absolute atomic E-state index is 13.0. The van der Waals surface area contributed by atoms with E-state index in [4.69, 9.17) is 0 Å². The van der Waals surface area contributed by atoms with E-state index >= 15 is 0 Å². The summed E-state index contributed by atoms with van der Waals surface area (Å²) >= 11 is 0. The number of nitrogens with zero attached hydrogens (tertiary/aromatic N) is 1. The molecular formula is C16H21F2N3O4. The molecule has 0 aromatic heterocycles. The second-order valence-corrected chi connectivity index (χ2v) is 5.90. The zero-order chi connectivity index (χ0) is 18.6. The van der Waals surface area contributed by atoms with Gasteiger partial charge >= 0.3 is 6.29 Å². The number of alkyl halides is 2. The molecule has 25 heavy (non-hydrogen) atoms. The molecule has 138 valence electrons. The van der Waals surface area contributed by atoms with Crippen LogP contribution < -0.4 is 20.1 Å². The van der Waals surface area contributed by atoms with Crippen molar-refractivity contribution in [3.8, 4) is 11.5 Å². The maximum Gasteiger partial charge on any atom is 0.586 e. The Bertz CT molecular complexity index is 652. The maximum atomic E-state index is 13.0. The first-order valence-electron chi connectivity index (χ1n) is 7.90. The molecule has 9 heteroatoms. The predicted octanol–water partition coefficient (Wildman–Crippen LogP) is 1.79. The van der Waals surface area contributed by atoms with E-state index in [1.165, 1.54) is 18.2 Å². The Hall–Kier alpha value is -2.42. The lowest BCUT2D eigenvalue weighted by Gasteiger charge is -2.20. The Morgan fingerprint density at radius 1 is 1.16 bits per heavy atom. The number of ether oxygens (including phenoxy) is 2. The highest BCUT2D eigenvalue weighted by Gasteiger charge is 2.43. The molecule has 0 atom stereocenters. The molecule has 2 rings (SSSR count). The number of rotatable bonds is 7. The van der Waals surface area contributed by atoms with Crippen molar-refractivity contribution < 1.29 is 27.8 Å². The van der Waals surface area contributed by atoms with Gasteiger partial charge in [0.15, 0.2) is 11.5 Å². The van der Waals surface area contributed by atoms with E-state index < -0.39 is 6.29 Å². The van der Waals surface area contributed by atoms with Crippen molar-refractivity contribution in [2.45, 2.75) is 33.1 Å². The Balaban J connectivity index is 1.90. The average molecular weight is 357 g/mol. The molecule has 1 aromatic carbocycles. The number of carbonyl (C=O) groups is 2. The van der Waals surface area contributed by atoms with Crippen molar-refractivity contribution in [2.24, 2.45) is 0 Å². The number of hydrogen-bond acceptors (Lipinski definition) is 5. The molecule has 0 aliphatic carbocycles. The molecule has 0 radical (unpaired) electrons. The summed E-state index contributed by atoms with van der Waals surface area (Å²) in [5.41, 5.74) is 0.299. The number of benzene rings is 1. The van der Waals surface area contributed by atoms with Crippen LogP contribution in [0.5, 0.6) is 11.5 Å². The van der Waals surface area contributed by atoms with Gasteiger partial charge in [0, 0.05) is 17.8 Å². The third-order valence-corrected chi connectivity index (χ3v) is 3.32. The number of fused-ring (bicyclic) bond motifs is 1. The molecule has 1 aromatic rings. The van der Waals surface area contributed by atoms with Crippen molar-refractivity contribution >= 4 is 17.5 Å². The summed E-state index contributed by atoms with van der Waals surface area (Å²) in [7, 11) is 0. The van der Waals surface area contributed by atoms with Crippen LogP contribution in [0.15, 0.2) is 18.2 Å². The van der Waals surface area contributed by atoms with Crippen molar-refractivity contribution in [3.63, 3.8) is 0 Å². The zero-order valence-electron chi connectivity index (χ0n) is 14.3. The van der Waals surface area contributed by atoms with E-state index in [0.29, 0.717) is 12.2 Å². The number of anilines is 1. The fraction of sp³-hybridized carbons (Fsp3) is 0.500. The molecule has 0 spiro atoms. The molecule has 1 aliphatic heterocycles. The summed E-state index contributed by atoms with van der Waals surface area (Å²) in [6, 6.07) is 4.00. The Morgan fingerprint density at radius 2 is 1.80 bits per heavy atom. The van der Waals surface area contributed by atoms with Gasteiger partial charge in [-0.3, -0.25) is 14.5 Å². The number of nitrogens with one attached hydrogen (secondary N) is 2. The van der Waals surface area contributed by atoms with E-state index in [0.717, 1.165) is 0 Å². The van der Waals surface area contributed by atoms with Gasteiger partial charge in [0.05, 0.1) is 13.1 Å². The second-order valence-electron chi connectivity index (χ2n) is 5.90. The van der Waals surface area contributed by atoms with Crippen LogP contribution in [0.1, 0.15) is 20.8 Å². The van der Waals surface area contributed by atoms with Crippen LogP contribution in [-0.4, -0.2) is 48.7 Å². The highest BCUT2D eigenvalue weighted by molar-refractivity contribution is 5.93. The van der Waals surface area contributed by atoms with Crippen LogP contribution in [0.25, 0.3) is 0 Å². The molecule has 0 bridgehead atoms. The fourth-order valence-electron chi connectivity index (χ4n) is 2.28. The quantitative estimate of drug-likeness (QED) is 0.778. The zero-order valence-corrected chi connectivity index (χ0v) is 14.3. The highest BCUT2D eigenvalue weighted by atomic mass is 19.3. The van der Waals surface area contributed by atoms with Gasteiger partial charge in [0.2, 0.25) is 11.8 Å². The number of likely N-dealkylation sites (N-methyl/N-ethyl adjacent to an activating group) is 1. The first-order valence-corrected chi connectivity index (χ1v) is 7.90. The molecular weight excluding hydrogens is 336 g/mol. The minimum Gasteiger partial charge on any atom is -0.395 e. The van der Waals surface area contributed by atoms with E-state index in [1.54, 1.807) is 4.90 Å². The summed E-state index contributed by atoms with van der Waals surface area (Å²) in [4.78, 5) is 25.5. The standard InChI is InChI=1S/C16H21F2N3O4/c1-4-21(8-14(22)19-10(2)3)9-15(23)20-11-5-6-12-13(7-11)25-16(17,18)24-12/h5-7,10H,4,8-9H2,1-3H3,(H,19,22)(H,20,23). The minimum absolute atomic E-state index is 0.00732. The fourth-order valence-corrected chi connectivity index (χ4v) is 2.28. The van der Waals surface area contributed by atoms with Gasteiger partial charge in [-0.25, -0.2) is 0 Å². The van der Waals surface area contributed by atoms with E-state index in [2.05, 4.69) is 20.1 Å². The van der Waals surface area contributed by atoms with Crippen LogP contribution >= 0.6 is 0 Å². The summed E-state index contributed by atoms with van der Waals surface area (Å²) in [5.74, 6) is -0.783. The molecule has 2 amide bonds. The Labute approximate surface area is 144 Å². The van der Waals surface area contributed by atoms with Gasteiger partial charge in [0.25, 0.3) is 0 Å². The number of hydrogen-bond donors (Lipinski definition) is 2. The Kier molecular flexibility index (Phi) is 5.78. The van der Waals surface area contributed by atoms with Crippen LogP contribution in [0.2, 0.25) is 0 Å². The lowest BCUT2D eigenvalue weighted by Crippen LogP contribution is -2.42. The summed E-state index contributed by atoms with van der Waals surface area (Å²) in [5, 5.41) is 5.34. The topological polar surface area (TPSA) is 79.9 Å². The monoisotopic (exact) mass is 357 g/mol. The van der Waals surface area contributed by atoms with Crippen LogP contribution in [0, 0.1) is 0 Å². The molecule has 0 saturated heterocycles. The second kappa shape index (κ2) is 7.64. The Morgan fingerprint density at radius 3 is 2.44 bits per heavy atom. The number of amides is 2. The van der Waals surface area contributed by atoms with Gasteiger partial charge in [-0.1, -0.05) is 6.92 Å². The molecule has 0 unspecified atom stereocenters. The molecule has 1 aliphatic rings. The minimum atomic E-state index is -3.70. The van der Waals surface area contributed by atoms with Crippen LogP contribution in [-0.2, 0) is 9.59 Å². The van der Waals surface area contributed by atoms with Crippen molar-refractivity contribution in [1.82, 2.24) is 10.2 Å². The van der Waals surface area contributed by atoms with Gasteiger partial charge in [-0.15, -0.1) is 8.78 Å². The van der Waals surface area contributed by atoms with Gasteiger partial charge in [-0.05, 0) is 32.5 Å². The molecule has 1 heterocycles. The first kappa shape index (κ1) is 18.9. The smallest absolute Gasteiger partial charge is 0.395 e.